The predicted molar refractivity (Wildman–Crippen MR) is 85.6 cm³/mol. The Hall–Kier alpha value is -1.22. The van der Waals surface area contributed by atoms with Crippen LogP contribution in [-0.2, 0) is 0 Å². The predicted octanol–water partition coefficient (Wildman–Crippen LogP) is 3.76. The van der Waals surface area contributed by atoms with Crippen LogP contribution in [0.25, 0.3) is 0 Å². The molecule has 0 aliphatic carbocycles. The normalized spacial score (nSPS) is 20.4. The summed E-state index contributed by atoms with van der Waals surface area (Å²) in [5.41, 5.74) is 1.19. The molecule has 112 valence electrons. The van der Waals surface area contributed by atoms with Crippen molar-refractivity contribution in [2.75, 3.05) is 31.6 Å². The van der Waals surface area contributed by atoms with E-state index >= 15 is 0 Å². The summed E-state index contributed by atoms with van der Waals surface area (Å²) in [6.07, 6.45) is 5.05. The summed E-state index contributed by atoms with van der Waals surface area (Å²) in [6, 6.07) is 8.92. The van der Waals surface area contributed by atoms with Gasteiger partial charge in [0.05, 0.1) is 6.61 Å². The summed E-state index contributed by atoms with van der Waals surface area (Å²) >= 11 is 0. The van der Waals surface area contributed by atoms with Gasteiger partial charge in [-0.05, 0) is 57.8 Å². The van der Waals surface area contributed by atoms with Crippen molar-refractivity contribution in [1.82, 2.24) is 4.90 Å². The molecule has 1 aromatic carbocycles. The van der Waals surface area contributed by atoms with Crippen LogP contribution in [-0.4, -0.2) is 37.2 Å². The molecule has 2 rings (SSSR count). The van der Waals surface area contributed by atoms with Gasteiger partial charge in [-0.1, -0.05) is 13.0 Å². The fourth-order valence-corrected chi connectivity index (χ4v) is 2.92. The molecule has 0 spiro atoms. The largest absolute Gasteiger partial charge is 0.494 e. The van der Waals surface area contributed by atoms with E-state index < -0.39 is 0 Å². The van der Waals surface area contributed by atoms with Crippen LogP contribution in [0.15, 0.2) is 24.3 Å². The maximum absolute atomic E-state index is 5.56. The number of ether oxygens (including phenoxy) is 1. The van der Waals surface area contributed by atoms with Crippen LogP contribution in [0.5, 0.6) is 5.75 Å². The molecule has 1 unspecified atom stereocenters. The SMILES string of the molecule is CCCN1CCCC(Nc2cccc(OCC)c2)CC1. The second kappa shape index (κ2) is 8.15. The molecule has 1 aromatic rings. The Morgan fingerprint density at radius 3 is 2.95 bits per heavy atom. The number of nitrogens with one attached hydrogen (secondary N) is 1. The summed E-state index contributed by atoms with van der Waals surface area (Å²) in [5.74, 6) is 0.957. The van der Waals surface area contributed by atoms with Gasteiger partial charge in [-0.3, -0.25) is 0 Å². The molecule has 3 nitrogen and oxygen atoms in total. The van der Waals surface area contributed by atoms with Crippen LogP contribution < -0.4 is 10.1 Å². The van der Waals surface area contributed by atoms with Gasteiger partial charge in [0.15, 0.2) is 0 Å². The van der Waals surface area contributed by atoms with Crippen LogP contribution in [0.3, 0.4) is 0 Å². The first kappa shape index (κ1) is 15.2. The molecule has 0 bridgehead atoms. The lowest BCUT2D eigenvalue weighted by Crippen LogP contribution is -2.27. The minimum Gasteiger partial charge on any atom is -0.494 e. The van der Waals surface area contributed by atoms with Crippen molar-refractivity contribution in [3.8, 4) is 5.75 Å². The molecule has 0 amide bonds. The average Bonchev–Trinajstić information content (AvgIpc) is 2.66. The first-order chi connectivity index (χ1) is 9.81. The molecule has 1 aliphatic heterocycles. The van der Waals surface area contributed by atoms with Crippen molar-refractivity contribution in [3.63, 3.8) is 0 Å². The van der Waals surface area contributed by atoms with Crippen molar-refractivity contribution < 1.29 is 4.74 Å². The summed E-state index contributed by atoms with van der Waals surface area (Å²) in [6.45, 7) is 8.72. The third-order valence-corrected chi connectivity index (χ3v) is 3.88. The molecular formula is C17H28N2O. The van der Waals surface area contributed by atoms with Gasteiger partial charge >= 0.3 is 0 Å². The van der Waals surface area contributed by atoms with Crippen LogP contribution >= 0.6 is 0 Å². The minimum atomic E-state index is 0.591. The third-order valence-electron chi connectivity index (χ3n) is 3.88. The number of hydrogen-bond acceptors (Lipinski definition) is 3. The Morgan fingerprint density at radius 2 is 2.15 bits per heavy atom. The van der Waals surface area contributed by atoms with Gasteiger partial charge in [-0.15, -0.1) is 0 Å². The van der Waals surface area contributed by atoms with E-state index in [-0.39, 0.29) is 0 Å². The Bertz CT molecular complexity index is 394. The number of nitrogens with zero attached hydrogens (tertiary/aromatic N) is 1. The lowest BCUT2D eigenvalue weighted by Gasteiger charge is -2.20. The molecule has 20 heavy (non-hydrogen) atoms. The van der Waals surface area contributed by atoms with E-state index in [0.717, 1.165) is 12.4 Å². The second-order valence-corrected chi connectivity index (χ2v) is 5.57. The number of hydrogen-bond donors (Lipinski definition) is 1. The van der Waals surface area contributed by atoms with E-state index in [4.69, 9.17) is 4.74 Å². The highest BCUT2D eigenvalue weighted by molar-refractivity contribution is 5.48. The Kier molecular flexibility index (Phi) is 6.19. The summed E-state index contributed by atoms with van der Waals surface area (Å²) in [7, 11) is 0. The van der Waals surface area contributed by atoms with E-state index in [1.54, 1.807) is 0 Å². The number of likely N-dealkylation sites (tertiary alicyclic amines) is 1. The first-order valence-corrected chi connectivity index (χ1v) is 8.03. The standard InChI is InChI=1S/C17H28N2O/c1-3-11-19-12-6-8-15(10-13-19)18-16-7-5-9-17(14-16)20-4-2/h5,7,9,14-15,18H,3-4,6,8,10-13H2,1-2H3. The highest BCUT2D eigenvalue weighted by Crippen LogP contribution is 2.21. The van der Waals surface area contributed by atoms with Gasteiger partial charge < -0.3 is 15.0 Å². The Labute approximate surface area is 123 Å². The van der Waals surface area contributed by atoms with Gasteiger partial charge in [-0.25, -0.2) is 0 Å². The molecule has 0 saturated carbocycles. The van der Waals surface area contributed by atoms with Gasteiger partial charge in [0, 0.05) is 24.3 Å². The summed E-state index contributed by atoms with van der Waals surface area (Å²) in [4.78, 5) is 2.60. The number of benzene rings is 1. The lowest BCUT2D eigenvalue weighted by molar-refractivity contribution is 0.285. The topological polar surface area (TPSA) is 24.5 Å². The molecule has 1 atom stereocenters. The van der Waals surface area contributed by atoms with Crippen molar-refractivity contribution in [2.24, 2.45) is 0 Å². The summed E-state index contributed by atoms with van der Waals surface area (Å²) in [5, 5.41) is 3.68. The smallest absolute Gasteiger partial charge is 0.121 e. The van der Waals surface area contributed by atoms with Gasteiger partial charge in [0.25, 0.3) is 0 Å². The minimum absolute atomic E-state index is 0.591. The molecule has 1 aliphatic rings. The molecular weight excluding hydrogens is 248 g/mol. The van der Waals surface area contributed by atoms with Gasteiger partial charge in [0.2, 0.25) is 0 Å². The molecule has 0 aromatic heterocycles. The van der Waals surface area contributed by atoms with Crippen molar-refractivity contribution in [1.29, 1.82) is 0 Å². The second-order valence-electron chi connectivity index (χ2n) is 5.57. The fraction of sp³-hybridized carbons (Fsp3) is 0.647. The lowest BCUT2D eigenvalue weighted by atomic mass is 10.1. The zero-order valence-corrected chi connectivity index (χ0v) is 12.9. The zero-order chi connectivity index (χ0) is 14.2. The van der Waals surface area contributed by atoms with E-state index in [1.807, 2.05) is 13.0 Å². The van der Waals surface area contributed by atoms with Crippen LogP contribution in [0, 0.1) is 0 Å². The van der Waals surface area contributed by atoms with Gasteiger partial charge in [0.1, 0.15) is 5.75 Å². The van der Waals surface area contributed by atoms with E-state index in [9.17, 15) is 0 Å². The van der Waals surface area contributed by atoms with Crippen molar-refractivity contribution in [3.05, 3.63) is 24.3 Å². The number of anilines is 1. The number of rotatable bonds is 6. The van der Waals surface area contributed by atoms with Crippen LogP contribution in [0.4, 0.5) is 5.69 Å². The highest BCUT2D eigenvalue weighted by atomic mass is 16.5. The maximum Gasteiger partial charge on any atom is 0.121 e. The summed E-state index contributed by atoms with van der Waals surface area (Å²) < 4.78 is 5.56. The molecule has 1 N–H and O–H groups in total. The molecule has 1 saturated heterocycles. The van der Waals surface area contributed by atoms with E-state index in [2.05, 4.69) is 35.3 Å². The van der Waals surface area contributed by atoms with E-state index in [0.29, 0.717) is 6.04 Å². The molecule has 1 heterocycles. The van der Waals surface area contributed by atoms with Crippen molar-refractivity contribution >= 4 is 5.69 Å². The first-order valence-electron chi connectivity index (χ1n) is 8.03. The molecule has 3 heteroatoms. The monoisotopic (exact) mass is 276 g/mol. The molecule has 0 radical (unpaired) electrons. The Balaban J connectivity index is 1.88. The Morgan fingerprint density at radius 1 is 1.25 bits per heavy atom. The van der Waals surface area contributed by atoms with Crippen molar-refractivity contribution in [2.45, 2.75) is 45.6 Å². The van der Waals surface area contributed by atoms with Gasteiger partial charge in [-0.2, -0.15) is 0 Å². The zero-order valence-electron chi connectivity index (χ0n) is 12.9. The molecule has 1 fully saturated rings. The average molecular weight is 276 g/mol. The highest BCUT2D eigenvalue weighted by Gasteiger charge is 2.16. The maximum atomic E-state index is 5.56. The van der Waals surface area contributed by atoms with Crippen LogP contribution in [0.2, 0.25) is 0 Å². The van der Waals surface area contributed by atoms with E-state index in [1.165, 1.54) is 51.0 Å². The third kappa shape index (κ3) is 4.71. The fourth-order valence-electron chi connectivity index (χ4n) is 2.92. The van der Waals surface area contributed by atoms with Crippen LogP contribution in [0.1, 0.15) is 39.5 Å². The quantitative estimate of drug-likeness (QED) is 0.856.